The number of hydrogen-bond acceptors (Lipinski definition) is 7. The van der Waals surface area contributed by atoms with Crippen molar-refractivity contribution in [1.82, 2.24) is 15.5 Å². The number of ether oxygens (including phenoxy) is 2. The van der Waals surface area contributed by atoms with Crippen LogP contribution in [0.1, 0.15) is 39.7 Å². The number of carbonyl (C=O) groups excluding carboxylic acids is 3. The molecule has 9 nitrogen and oxygen atoms in total. The molecule has 1 heterocycles. The van der Waals surface area contributed by atoms with Gasteiger partial charge in [0.2, 0.25) is 5.91 Å². The molecule has 0 saturated carbocycles. The maximum absolute atomic E-state index is 12.7. The number of aliphatic hydroxyl groups is 1. The Morgan fingerprint density at radius 1 is 1.23 bits per heavy atom. The number of hydrogen-bond donors (Lipinski definition) is 3. The summed E-state index contributed by atoms with van der Waals surface area (Å²) in [7, 11) is 0. The molecule has 2 amide bonds. The van der Waals surface area contributed by atoms with Crippen molar-refractivity contribution in [2.45, 2.75) is 57.8 Å². The van der Waals surface area contributed by atoms with Crippen molar-refractivity contribution in [2.24, 2.45) is 0 Å². The number of nitrogens with one attached hydrogen (secondary N) is 2. The lowest BCUT2D eigenvalue weighted by molar-refractivity contribution is -0.161. The fourth-order valence-electron chi connectivity index (χ4n) is 3.28. The van der Waals surface area contributed by atoms with Gasteiger partial charge in [-0.25, -0.2) is 9.59 Å². The molecule has 0 aromatic heterocycles. The second kappa shape index (κ2) is 9.90. The molecule has 2 rings (SSSR count). The Morgan fingerprint density at radius 3 is 2.50 bits per heavy atom. The van der Waals surface area contributed by atoms with E-state index in [9.17, 15) is 14.4 Å². The molecular weight excluding hydrogens is 390 g/mol. The minimum atomic E-state index is -1.31. The smallest absolute Gasteiger partial charge is 0.408 e. The molecule has 1 aromatic carbocycles. The maximum Gasteiger partial charge on any atom is 0.408 e. The zero-order chi connectivity index (χ0) is 22.4. The van der Waals surface area contributed by atoms with Gasteiger partial charge in [-0.3, -0.25) is 9.69 Å². The number of carbonyl (C=O) groups is 3. The summed E-state index contributed by atoms with van der Waals surface area (Å²) < 4.78 is 9.98. The Kier molecular flexibility index (Phi) is 7.80. The number of benzene rings is 1. The van der Waals surface area contributed by atoms with Gasteiger partial charge in [0.25, 0.3) is 0 Å². The van der Waals surface area contributed by atoms with Crippen LogP contribution in [0.15, 0.2) is 30.3 Å². The summed E-state index contributed by atoms with van der Waals surface area (Å²) in [5.41, 5.74) is -0.927. The van der Waals surface area contributed by atoms with Gasteiger partial charge >= 0.3 is 12.1 Å². The lowest BCUT2D eigenvalue weighted by Crippen LogP contribution is -2.60. The highest BCUT2D eigenvalue weighted by Gasteiger charge is 2.47. The van der Waals surface area contributed by atoms with Crippen molar-refractivity contribution >= 4 is 18.0 Å². The van der Waals surface area contributed by atoms with E-state index in [0.717, 1.165) is 5.56 Å². The number of amides is 2. The number of likely N-dealkylation sites (tertiary alicyclic amines) is 1. The Balaban J connectivity index is 2.05. The first-order chi connectivity index (χ1) is 14.0. The van der Waals surface area contributed by atoms with Gasteiger partial charge in [0, 0.05) is 19.6 Å². The van der Waals surface area contributed by atoms with E-state index in [-0.39, 0.29) is 6.54 Å². The second-order valence-corrected chi connectivity index (χ2v) is 8.45. The molecule has 0 bridgehead atoms. The van der Waals surface area contributed by atoms with Gasteiger partial charge in [0.05, 0.1) is 0 Å². The first-order valence-electron chi connectivity index (χ1n) is 9.90. The number of rotatable bonds is 7. The molecule has 9 heteroatoms. The lowest BCUT2D eigenvalue weighted by atomic mass is 9.98. The van der Waals surface area contributed by atoms with Crippen LogP contribution >= 0.6 is 0 Å². The molecule has 1 aliphatic heterocycles. The average molecular weight is 421 g/mol. The predicted octanol–water partition coefficient (Wildman–Crippen LogP) is 1.15. The predicted molar refractivity (Wildman–Crippen MR) is 109 cm³/mol. The van der Waals surface area contributed by atoms with Crippen LogP contribution in [0.5, 0.6) is 0 Å². The Morgan fingerprint density at radius 2 is 1.90 bits per heavy atom. The van der Waals surface area contributed by atoms with Crippen molar-refractivity contribution in [1.29, 1.82) is 0 Å². The largest absolute Gasteiger partial charge is 0.444 e. The van der Waals surface area contributed by atoms with Gasteiger partial charge in [0.1, 0.15) is 11.6 Å². The van der Waals surface area contributed by atoms with Gasteiger partial charge in [-0.2, -0.15) is 0 Å². The third kappa shape index (κ3) is 6.70. The highest BCUT2D eigenvalue weighted by Crippen LogP contribution is 2.25. The number of aliphatic hydroxyl groups excluding tert-OH is 1. The average Bonchev–Trinajstić information content (AvgIpc) is 3.04. The molecule has 2 atom stereocenters. The lowest BCUT2D eigenvalue weighted by Gasteiger charge is -2.30. The Hall–Kier alpha value is -2.65. The summed E-state index contributed by atoms with van der Waals surface area (Å²) in [6.07, 6.45) is -0.405. The first kappa shape index (κ1) is 23.6. The minimum absolute atomic E-state index is 0.228. The number of esters is 1. The fourth-order valence-corrected chi connectivity index (χ4v) is 3.28. The van der Waals surface area contributed by atoms with E-state index in [1.54, 1.807) is 20.8 Å². The fraction of sp³-hybridized carbons (Fsp3) is 0.571. The van der Waals surface area contributed by atoms with Crippen LogP contribution in [-0.4, -0.2) is 65.0 Å². The molecule has 1 aliphatic rings. The SMILES string of the molecule is CC(NC(=O)OC(C)(C)C)C(=O)NC1(C(=O)OCO)CCN(Cc2ccccc2)C1. The standard InChI is InChI=1S/C21H31N3O6/c1-15(22-19(28)30-20(2,3)4)17(26)23-21(18(27)29-14-25)10-11-24(13-21)12-16-8-6-5-7-9-16/h5-9,15,25H,10-14H2,1-4H3,(H,22,28)(H,23,26). The molecule has 0 radical (unpaired) electrons. The maximum atomic E-state index is 12.7. The van der Waals surface area contributed by atoms with Crippen LogP contribution in [0.25, 0.3) is 0 Å². The molecule has 0 aliphatic carbocycles. The van der Waals surface area contributed by atoms with Gasteiger partial charge in [-0.05, 0) is 39.7 Å². The topological polar surface area (TPSA) is 117 Å². The van der Waals surface area contributed by atoms with E-state index < -0.39 is 41.9 Å². The first-order valence-corrected chi connectivity index (χ1v) is 9.90. The molecule has 0 spiro atoms. The monoisotopic (exact) mass is 421 g/mol. The van der Waals surface area contributed by atoms with Gasteiger partial charge in [0.15, 0.2) is 12.3 Å². The molecule has 1 aromatic rings. The summed E-state index contributed by atoms with van der Waals surface area (Å²) in [6, 6.07) is 8.83. The Labute approximate surface area is 176 Å². The van der Waals surface area contributed by atoms with Gasteiger partial charge in [-0.1, -0.05) is 30.3 Å². The van der Waals surface area contributed by atoms with E-state index >= 15 is 0 Å². The molecule has 1 fully saturated rings. The zero-order valence-corrected chi connectivity index (χ0v) is 17.9. The van der Waals surface area contributed by atoms with Crippen LogP contribution in [0.4, 0.5) is 4.79 Å². The van der Waals surface area contributed by atoms with E-state index in [4.69, 9.17) is 14.6 Å². The summed E-state index contributed by atoms with van der Waals surface area (Å²) in [6.45, 7) is 7.28. The molecule has 30 heavy (non-hydrogen) atoms. The van der Waals surface area contributed by atoms with E-state index in [2.05, 4.69) is 10.6 Å². The third-order valence-electron chi connectivity index (χ3n) is 4.67. The minimum Gasteiger partial charge on any atom is -0.444 e. The molecular formula is C21H31N3O6. The van der Waals surface area contributed by atoms with Crippen LogP contribution in [0.3, 0.4) is 0 Å². The zero-order valence-electron chi connectivity index (χ0n) is 17.9. The van der Waals surface area contributed by atoms with Gasteiger partial charge < -0.3 is 25.2 Å². The number of nitrogens with zero attached hydrogens (tertiary/aromatic N) is 1. The highest BCUT2D eigenvalue weighted by molar-refractivity contribution is 5.92. The second-order valence-electron chi connectivity index (χ2n) is 8.45. The van der Waals surface area contributed by atoms with Crippen molar-refractivity contribution in [2.75, 3.05) is 19.9 Å². The van der Waals surface area contributed by atoms with Crippen LogP contribution in [0.2, 0.25) is 0 Å². The third-order valence-corrected chi connectivity index (χ3v) is 4.67. The molecule has 3 N–H and O–H groups in total. The molecule has 1 saturated heterocycles. The van der Waals surface area contributed by atoms with E-state index in [1.807, 2.05) is 35.2 Å². The summed E-state index contributed by atoms with van der Waals surface area (Å²) in [5, 5.41) is 14.2. The van der Waals surface area contributed by atoms with Crippen molar-refractivity contribution < 1.29 is 29.0 Å². The molecule has 2 unspecified atom stereocenters. The van der Waals surface area contributed by atoms with E-state index in [1.165, 1.54) is 6.92 Å². The quantitative estimate of drug-likeness (QED) is 0.447. The van der Waals surface area contributed by atoms with Crippen LogP contribution < -0.4 is 10.6 Å². The summed E-state index contributed by atoms with van der Waals surface area (Å²) in [5.74, 6) is -1.25. The van der Waals surface area contributed by atoms with E-state index in [0.29, 0.717) is 19.5 Å². The normalized spacial score (nSPS) is 20.3. The van der Waals surface area contributed by atoms with Crippen molar-refractivity contribution in [3.05, 3.63) is 35.9 Å². The molecule has 166 valence electrons. The number of alkyl carbamates (subject to hydrolysis) is 1. The van der Waals surface area contributed by atoms with Gasteiger partial charge in [-0.15, -0.1) is 0 Å². The van der Waals surface area contributed by atoms with Crippen LogP contribution in [-0.2, 0) is 25.6 Å². The van der Waals surface area contributed by atoms with Crippen molar-refractivity contribution in [3.63, 3.8) is 0 Å². The van der Waals surface area contributed by atoms with Crippen LogP contribution in [0, 0.1) is 0 Å². The Bertz CT molecular complexity index is 749. The summed E-state index contributed by atoms with van der Waals surface area (Å²) in [4.78, 5) is 39.3. The highest BCUT2D eigenvalue weighted by atomic mass is 16.6. The van der Waals surface area contributed by atoms with Crippen molar-refractivity contribution in [3.8, 4) is 0 Å². The summed E-state index contributed by atoms with van der Waals surface area (Å²) >= 11 is 0.